The maximum atomic E-state index is 12.0. The molecule has 29 heavy (non-hydrogen) atoms. The molecule has 3 aromatic rings. The monoisotopic (exact) mass is 434 g/mol. The van der Waals surface area contributed by atoms with Gasteiger partial charge in [-0.1, -0.05) is 36.4 Å². The normalized spacial score (nSPS) is 18.7. The van der Waals surface area contributed by atoms with Gasteiger partial charge in [-0.25, -0.2) is 4.79 Å². The molecule has 0 bridgehead atoms. The molecule has 6 heteroatoms. The Balaban J connectivity index is 0.00000150. The molecular weight excluding hydrogens is 407 g/mol. The van der Waals surface area contributed by atoms with Crippen LogP contribution in [-0.4, -0.2) is 26.2 Å². The highest BCUT2D eigenvalue weighted by Gasteiger charge is 2.24. The Labute approximate surface area is 184 Å². The van der Waals surface area contributed by atoms with Gasteiger partial charge in [-0.15, -0.1) is 0 Å². The first-order chi connectivity index (χ1) is 13.1. The van der Waals surface area contributed by atoms with E-state index in [9.17, 15) is 4.79 Å². The lowest BCUT2D eigenvalue weighted by Gasteiger charge is -2.30. The molecule has 2 heterocycles. The van der Waals surface area contributed by atoms with Gasteiger partial charge < -0.3 is 39.0 Å². The van der Waals surface area contributed by atoms with Crippen LogP contribution in [0.4, 0.5) is 0 Å². The maximum Gasteiger partial charge on any atom is 0.336 e. The van der Waals surface area contributed by atoms with Gasteiger partial charge >= 0.3 is 5.63 Å². The standard InChI is InChI=1S/C23H26N2O2.2ClH/c1-17-12-18(2)23-20(14-22(26)27-21(23)13-17)16-25-10-8-24(9-11-25)15-19-6-4-3-5-7-19;;/h3-7,12-14H,8-11,15-16H2,1-2H3;2*1H. The van der Waals surface area contributed by atoms with Crippen LogP contribution in [0.5, 0.6) is 0 Å². The number of fused-ring (bicyclic) bond motifs is 1. The second-order valence-electron chi connectivity index (χ2n) is 7.88. The number of hydrogen-bond donors (Lipinski definition) is 2. The Morgan fingerprint density at radius 2 is 1.48 bits per heavy atom. The van der Waals surface area contributed by atoms with Crippen LogP contribution in [0.15, 0.2) is 57.7 Å². The molecule has 4 nitrogen and oxygen atoms in total. The van der Waals surface area contributed by atoms with E-state index >= 15 is 0 Å². The molecule has 156 valence electrons. The summed E-state index contributed by atoms with van der Waals surface area (Å²) in [5.74, 6) is 0. The van der Waals surface area contributed by atoms with Crippen LogP contribution < -0.4 is 40.2 Å². The molecule has 0 unspecified atom stereocenters. The summed E-state index contributed by atoms with van der Waals surface area (Å²) in [4.78, 5) is 15.2. The Hall–Kier alpha value is -1.85. The first-order valence-corrected chi connectivity index (χ1v) is 9.83. The van der Waals surface area contributed by atoms with Crippen molar-refractivity contribution < 1.29 is 39.0 Å². The third kappa shape index (κ3) is 5.61. The zero-order valence-electron chi connectivity index (χ0n) is 16.9. The summed E-state index contributed by atoms with van der Waals surface area (Å²) in [5, 5.41) is 1.12. The molecule has 2 aromatic carbocycles. The highest BCUT2D eigenvalue weighted by molar-refractivity contribution is 5.84. The third-order valence-electron chi connectivity index (χ3n) is 5.67. The van der Waals surface area contributed by atoms with E-state index in [0.29, 0.717) is 0 Å². The highest BCUT2D eigenvalue weighted by Crippen LogP contribution is 2.22. The average Bonchev–Trinajstić information content (AvgIpc) is 2.63. The Morgan fingerprint density at radius 3 is 2.14 bits per heavy atom. The lowest BCUT2D eigenvalue weighted by molar-refractivity contribution is -1.02. The topological polar surface area (TPSA) is 39.1 Å². The first kappa shape index (κ1) is 23.4. The van der Waals surface area contributed by atoms with Crippen molar-refractivity contribution in [3.63, 3.8) is 0 Å². The summed E-state index contributed by atoms with van der Waals surface area (Å²) >= 11 is 0. The number of halogens is 2. The lowest BCUT2D eigenvalue weighted by atomic mass is 10.0. The fraction of sp³-hybridized carbons (Fsp3) is 0.348. The molecule has 0 amide bonds. The average molecular weight is 435 g/mol. The van der Waals surface area contributed by atoms with E-state index in [0.717, 1.165) is 48.3 Å². The lowest BCUT2D eigenvalue weighted by Crippen LogP contribution is -3.27. The largest absolute Gasteiger partial charge is 1.00 e. The second kappa shape index (κ2) is 10.3. The minimum absolute atomic E-state index is 0. The van der Waals surface area contributed by atoms with Crippen molar-refractivity contribution in [3.05, 3.63) is 81.2 Å². The highest BCUT2D eigenvalue weighted by atomic mass is 35.5. The number of quaternary nitrogens is 2. The summed E-state index contributed by atoms with van der Waals surface area (Å²) in [6, 6.07) is 16.6. The van der Waals surface area contributed by atoms with Crippen LogP contribution in [0, 0.1) is 13.8 Å². The summed E-state index contributed by atoms with van der Waals surface area (Å²) in [5.41, 5.74) is 5.34. The van der Waals surface area contributed by atoms with Crippen molar-refractivity contribution in [2.24, 2.45) is 0 Å². The van der Waals surface area contributed by atoms with E-state index in [1.807, 2.05) is 13.0 Å². The van der Waals surface area contributed by atoms with E-state index in [1.165, 1.54) is 24.2 Å². The van der Waals surface area contributed by atoms with Gasteiger partial charge in [-0.05, 0) is 31.0 Å². The number of piperazine rings is 1. The van der Waals surface area contributed by atoms with Gasteiger partial charge in [0.2, 0.25) is 0 Å². The maximum absolute atomic E-state index is 12.0. The van der Waals surface area contributed by atoms with Crippen molar-refractivity contribution in [1.82, 2.24) is 0 Å². The van der Waals surface area contributed by atoms with E-state index in [1.54, 1.807) is 15.9 Å². The van der Waals surface area contributed by atoms with Crippen molar-refractivity contribution in [1.29, 1.82) is 0 Å². The van der Waals surface area contributed by atoms with Gasteiger partial charge in [0.1, 0.15) is 44.9 Å². The van der Waals surface area contributed by atoms with Gasteiger partial charge in [0.15, 0.2) is 0 Å². The summed E-state index contributed by atoms with van der Waals surface area (Å²) in [7, 11) is 0. The SMILES string of the molecule is Cc1cc(C)c2c(C[NH+]3CC[NH+](Cc4ccccc4)CC3)cc(=O)oc2c1.[Cl-].[Cl-]. The minimum Gasteiger partial charge on any atom is -1.00 e. The van der Waals surface area contributed by atoms with Crippen LogP contribution in [-0.2, 0) is 13.1 Å². The van der Waals surface area contributed by atoms with Gasteiger partial charge in [0.25, 0.3) is 0 Å². The van der Waals surface area contributed by atoms with E-state index < -0.39 is 0 Å². The molecule has 1 aliphatic heterocycles. The molecule has 1 aliphatic rings. The molecule has 2 N–H and O–H groups in total. The van der Waals surface area contributed by atoms with Crippen LogP contribution in [0.2, 0.25) is 0 Å². The van der Waals surface area contributed by atoms with E-state index in [2.05, 4.69) is 43.3 Å². The molecule has 1 fully saturated rings. The zero-order valence-corrected chi connectivity index (χ0v) is 18.4. The Kier molecular flexibility index (Phi) is 8.29. The molecule has 4 rings (SSSR count). The quantitative estimate of drug-likeness (QED) is 0.403. The van der Waals surface area contributed by atoms with Crippen molar-refractivity contribution >= 4 is 11.0 Å². The number of aryl methyl sites for hydroxylation is 2. The molecular formula is C23H28Cl2N2O2. The minimum atomic E-state index is -0.241. The van der Waals surface area contributed by atoms with Crippen LogP contribution in [0.25, 0.3) is 11.0 Å². The second-order valence-corrected chi connectivity index (χ2v) is 7.88. The summed E-state index contributed by atoms with van der Waals surface area (Å²) < 4.78 is 5.47. The Bertz CT molecular complexity index is 997. The van der Waals surface area contributed by atoms with Gasteiger partial charge in [-0.3, -0.25) is 0 Å². The fourth-order valence-electron chi connectivity index (χ4n) is 4.38. The zero-order chi connectivity index (χ0) is 18.8. The number of benzene rings is 2. The molecule has 0 spiro atoms. The molecule has 0 radical (unpaired) electrons. The molecule has 0 aliphatic carbocycles. The van der Waals surface area contributed by atoms with Crippen molar-refractivity contribution in [2.75, 3.05) is 26.2 Å². The van der Waals surface area contributed by atoms with Gasteiger partial charge in [0.05, 0.1) is 0 Å². The van der Waals surface area contributed by atoms with Crippen molar-refractivity contribution in [3.8, 4) is 0 Å². The van der Waals surface area contributed by atoms with E-state index in [4.69, 9.17) is 4.42 Å². The van der Waals surface area contributed by atoms with Crippen LogP contribution >= 0.6 is 0 Å². The van der Waals surface area contributed by atoms with Crippen molar-refractivity contribution in [2.45, 2.75) is 26.9 Å². The Morgan fingerprint density at radius 1 is 0.862 bits per heavy atom. The molecule has 1 saturated heterocycles. The third-order valence-corrected chi connectivity index (χ3v) is 5.67. The number of nitrogens with one attached hydrogen (secondary N) is 2. The predicted octanol–water partition coefficient (Wildman–Crippen LogP) is -5.10. The van der Waals surface area contributed by atoms with Crippen LogP contribution in [0.3, 0.4) is 0 Å². The smallest absolute Gasteiger partial charge is 0.336 e. The summed E-state index contributed by atoms with van der Waals surface area (Å²) in [6.07, 6.45) is 0. The molecule has 0 saturated carbocycles. The van der Waals surface area contributed by atoms with E-state index in [-0.39, 0.29) is 30.4 Å². The van der Waals surface area contributed by atoms with Gasteiger partial charge in [-0.2, -0.15) is 0 Å². The fourth-order valence-corrected chi connectivity index (χ4v) is 4.38. The number of rotatable bonds is 4. The predicted molar refractivity (Wildman–Crippen MR) is 107 cm³/mol. The molecule has 1 aromatic heterocycles. The first-order valence-electron chi connectivity index (χ1n) is 9.83. The van der Waals surface area contributed by atoms with Crippen LogP contribution in [0.1, 0.15) is 22.3 Å². The van der Waals surface area contributed by atoms with Gasteiger partial charge in [0, 0.05) is 22.6 Å². The molecule has 0 atom stereocenters. The summed E-state index contributed by atoms with van der Waals surface area (Å²) in [6.45, 7) is 10.7. The number of hydrogen-bond acceptors (Lipinski definition) is 2.